The standard InChI is InChI=1S/C15H25NS/c1-5-12(4)17-15(14(16)6-2)13-9-7-11(3)8-10-13/h7-10,12,14-15H,5-6,16H2,1-4H3. The maximum Gasteiger partial charge on any atom is 0.0450 e. The molecule has 3 atom stereocenters. The van der Waals surface area contributed by atoms with E-state index in [9.17, 15) is 0 Å². The van der Waals surface area contributed by atoms with Crippen molar-refractivity contribution in [2.24, 2.45) is 5.73 Å². The van der Waals surface area contributed by atoms with Crippen LogP contribution in [0.25, 0.3) is 0 Å². The van der Waals surface area contributed by atoms with Gasteiger partial charge in [-0.05, 0) is 25.3 Å². The van der Waals surface area contributed by atoms with Crippen LogP contribution in [0.15, 0.2) is 24.3 Å². The molecule has 0 fully saturated rings. The Balaban J connectivity index is 2.85. The Bertz CT molecular complexity index is 320. The SMILES string of the molecule is CCC(C)SC(c1ccc(C)cc1)C(N)CC. The van der Waals surface area contributed by atoms with Gasteiger partial charge in [-0.2, -0.15) is 0 Å². The highest BCUT2D eigenvalue weighted by molar-refractivity contribution is 8.00. The molecule has 0 aliphatic heterocycles. The first kappa shape index (κ1) is 14.6. The molecule has 1 aromatic carbocycles. The third-order valence-corrected chi connectivity index (χ3v) is 4.93. The average Bonchev–Trinajstić information content (AvgIpc) is 2.36. The van der Waals surface area contributed by atoms with Crippen molar-refractivity contribution in [3.63, 3.8) is 0 Å². The summed E-state index contributed by atoms with van der Waals surface area (Å²) in [7, 11) is 0. The van der Waals surface area contributed by atoms with E-state index in [1.54, 1.807) is 0 Å². The number of benzene rings is 1. The van der Waals surface area contributed by atoms with E-state index >= 15 is 0 Å². The number of thioether (sulfide) groups is 1. The van der Waals surface area contributed by atoms with Gasteiger partial charge in [0.2, 0.25) is 0 Å². The van der Waals surface area contributed by atoms with Gasteiger partial charge in [0.05, 0.1) is 0 Å². The summed E-state index contributed by atoms with van der Waals surface area (Å²) >= 11 is 2.01. The van der Waals surface area contributed by atoms with Crippen molar-refractivity contribution >= 4 is 11.8 Å². The second-order valence-corrected chi connectivity index (χ2v) is 6.34. The first-order chi connectivity index (χ1) is 8.08. The molecular formula is C15H25NS. The van der Waals surface area contributed by atoms with Gasteiger partial charge in [-0.25, -0.2) is 0 Å². The minimum Gasteiger partial charge on any atom is -0.326 e. The summed E-state index contributed by atoms with van der Waals surface area (Å²) in [6.45, 7) is 8.82. The molecule has 0 saturated carbocycles. The van der Waals surface area contributed by atoms with E-state index in [0.29, 0.717) is 10.5 Å². The van der Waals surface area contributed by atoms with E-state index in [-0.39, 0.29) is 6.04 Å². The van der Waals surface area contributed by atoms with Gasteiger partial charge in [-0.3, -0.25) is 0 Å². The van der Waals surface area contributed by atoms with Gasteiger partial charge < -0.3 is 5.73 Å². The first-order valence-electron chi connectivity index (χ1n) is 6.56. The lowest BCUT2D eigenvalue weighted by atomic mass is 10.0. The maximum absolute atomic E-state index is 6.27. The van der Waals surface area contributed by atoms with Crippen LogP contribution in [0.5, 0.6) is 0 Å². The molecule has 0 aliphatic carbocycles. The smallest absolute Gasteiger partial charge is 0.0450 e. The fourth-order valence-corrected chi connectivity index (χ4v) is 3.14. The van der Waals surface area contributed by atoms with Crippen LogP contribution in [0, 0.1) is 6.92 Å². The van der Waals surface area contributed by atoms with Crippen molar-refractivity contribution in [3.05, 3.63) is 35.4 Å². The summed E-state index contributed by atoms with van der Waals surface area (Å²) in [6.07, 6.45) is 2.23. The number of rotatable bonds is 6. The topological polar surface area (TPSA) is 26.0 Å². The van der Waals surface area contributed by atoms with Crippen molar-refractivity contribution in [1.82, 2.24) is 0 Å². The van der Waals surface area contributed by atoms with Crippen LogP contribution in [0.4, 0.5) is 0 Å². The molecule has 0 spiro atoms. The minimum absolute atomic E-state index is 0.247. The van der Waals surface area contributed by atoms with Crippen molar-refractivity contribution in [2.75, 3.05) is 0 Å². The molecule has 1 nitrogen and oxygen atoms in total. The highest BCUT2D eigenvalue weighted by Crippen LogP contribution is 2.36. The van der Waals surface area contributed by atoms with Crippen LogP contribution in [0.1, 0.15) is 50.0 Å². The Morgan fingerprint density at radius 1 is 1.12 bits per heavy atom. The lowest BCUT2D eigenvalue weighted by molar-refractivity contribution is 0.631. The lowest BCUT2D eigenvalue weighted by Crippen LogP contribution is -2.26. The summed E-state index contributed by atoms with van der Waals surface area (Å²) in [5.41, 5.74) is 8.95. The van der Waals surface area contributed by atoms with E-state index in [0.717, 1.165) is 6.42 Å². The summed E-state index contributed by atoms with van der Waals surface area (Å²) in [5, 5.41) is 1.09. The highest BCUT2D eigenvalue weighted by atomic mass is 32.2. The molecular weight excluding hydrogens is 226 g/mol. The van der Waals surface area contributed by atoms with Gasteiger partial charge in [-0.1, -0.05) is 50.6 Å². The molecule has 17 heavy (non-hydrogen) atoms. The molecule has 0 saturated heterocycles. The second-order valence-electron chi connectivity index (χ2n) is 4.76. The van der Waals surface area contributed by atoms with Crippen LogP contribution >= 0.6 is 11.8 Å². The summed E-state index contributed by atoms with van der Waals surface area (Å²) in [6, 6.07) is 9.07. The Morgan fingerprint density at radius 3 is 2.18 bits per heavy atom. The van der Waals surface area contributed by atoms with Gasteiger partial charge in [-0.15, -0.1) is 11.8 Å². The van der Waals surface area contributed by atoms with Gasteiger partial charge in [0, 0.05) is 16.5 Å². The largest absolute Gasteiger partial charge is 0.326 e. The summed E-state index contributed by atoms with van der Waals surface area (Å²) < 4.78 is 0. The zero-order valence-electron chi connectivity index (χ0n) is 11.4. The molecule has 0 radical (unpaired) electrons. The summed E-state index contributed by atoms with van der Waals surface area (Å²) in [4.78, 5) is 0. The van der Waals surface area contributed by atoms with Crippen molar-refractivity contribution < 1.29 is 0 Å². The number of aryl methyl sites for hydroxylation is 1. The lowest BCUT2D eigenvalue weighted by Gasteiger charge is -2.25. The third kappa shape index (κ3) is 4.36. The number of hydrogen-bond acceptors (Lipinski definition) is 2. The van der Waals surface area contributed by atoms with Gasteiger partial charge in [0.15, 0.2) is 0 Å². The zero-order valence-corrected chi connectivity index (χ0v) is 12.3. The average molecular weight is 251 g/mol. The Kier molecular flexibility index (Phi) is 6.07. The van der Waals surface area contributed by atoms with E-state index in [4.69, 9.17) is 5.73 Å². The van der Waals surface area contributed by atoms with E-state index in [1.807, 2.05) is 11.8 Å². The van der Waals surface area contributed by atoms with Crippen LogP contribution < -0.4 is 5.73 Å². The van der Waals surface area contributed by atoms with Crippen molar-refractivity contribution in [3.8, 4) is 0 Å². The van der Waals surface area contributed by atoms with Crippen LogP contribution in [0.3, 0.4) is 0 Å². The van der Waals surface area contributed by atoms with Gasteiger partial charge >= 0.3 is 0 Å². The summed E-state index contributed by atoms with van der Waals surface area (Å²) in [5.74, 6) is 0. The zero-order chi connectivity index (χ0) is 12.8. The minimum atomic E-state index is 0.247. The quantitative estimate of drug-likeness (QED) is 0.815. The predicted molar refractivity (Wildman–Crippen MR) is 79.5 cm³/mol. The molecule has 3 unspecified atom stereocenters. The monoisotopic (exact) mass is 251 g/mol. The molecule has 1 rings (SSSR count). The molecule has 0 heterocycles. The fraction of sp³-hybridized carbons (Fsp3) is 0.600. The molecule has 0 aromatic heterocycles. The number of hydrogen-bond donors (Lipinski definition) is 1. The van der Waals surface area contributed by atoms with Gasteiger partial charge in [0.25, 0.3) is 0 Å². The normalized spacial score (nSPS) is 16.5. The molecule has 96 valence electrons. The molecule has 0 bridgehead atoms. The third-order valence-electron chi connectivity index (χ3n) is 3.22. The fourth-order valence-electron chi connectivity index (χ4n) is 1.74. The highest BCUT2D eigenvalue weighted by Gasteiger charge is 2.20. The second kappa shape index (κ2) is 7.07. The first-order valence-corrected chi connectivity index (χ1v) is 7.50. The predicted octanol–water partition coefficient (Wildman–Crippen LogP) is 4.31. The van der Waals surface area contributed by atoms with Crippen molar-refractivity contribution in [1.29, 1.82) is 0 Å². The van der Waals surface area contributed by atoms with Crippen LogP contribution in [-0.2, 0) is 0 Å². The molecule has 1 aromatic rings. The van der Waals surface area contributed by atoms with Crippen LogP contribution in [0.2, 0.25) is 0 Å². The molecule has 2 N–H and O–H groups in total. The molecule has 0 amide bonds. The molecule has 0 aliphatic rings. The Morgan fingerprint density at radius 2 is 1.71 bits per heavy atom. The van der Waals surface area contributed by atoms with E-state index in [2.05, 4.69) is 52.0 Å². The van der Waals surface area contributed by atoms with Crippen molar-refractivity contribution in [2.45, 2.75) is 57.1 Å². The number of nitrogens with two attached hydrogens (primary N) is 1. The Labute approximate surface area is 110 Å². The van der Waals surface area contributed by atoms with E-state index < -0.39 is 0 Å². The Hall–Kier alpha value is -0.470. The maximum atomic E-state index is 6.27. The van der Waals surface area contributed by atoms with Gasteiger partial charge in [0.1, 0.15) is 0 Å². The van der Waals surface area contributed by atoms with Crippen LogP contribution in [-0.4, -0.2) is 11.3 Å². The molecule has 2 heteroatoms. The van der Waals surface area contributed by atoms with E-state index in [1.165, 1.54) is 17.5 Å².